The maximum atomic E-state index is 13.6. The van der Waals surface area contributed by atoms with Gasteiger partial charge in [0.1, 0.15) is 0 Å². The molecule has 0 N–H and O–H groups in total. The van der Waals surface area contributed by atoms with Gasteiger partial charge in [-0.15, -0.1) is 0 Å². The predicted molar refractivity (Wildman–Crippen MR) is 107 cm³/mol. The number of hydrogen-bond acceptors (Lipinski definition) is 4. The number of nitrogens with zero attached hydrogens (tertiary/aromatic N) is 5. The average Bonchev–Trinajstić information content (AvgIpc) is 3.30. The summed E-state index contributed by atoms with van der Waals surface area (Å²) in [5.74, 6) is -4.70. The van der Waals surface area contributed by atoms with E-state index in [2.05, 4.69) is 10.1 Å². The molecular weight excluding hydrogens is 423 g/mol. The number of fused-ring (bicyclic) bond motifs is 2. The lowest BCUT2D eigenvalue weighted by Crippen LogP contribution is -2.46. The second-order valence-corrected chi connectivity index (χ2v) is 7.99. The first-order valence-corrected chi connectivity index (χ1v) is 10.1. The molecule has 3 aromatic rings. The molecule has 2 aliphatic heterocycles. The SMILES string of the molecule is C[C@H]1Cn2ncc(N3C(=O)Cc4cnccc43)c2CN1C(=O)Cc1cc(F)c(F)c(F)c1. The number of carbonyl (C=O) groups excluding carboxylic acids is 2. The molecule has 0 fully saturated rings. The molecule has 7 nitrogen and oxygen atoms in total. The van der Waals surface area contributed by atoms with E-state index in [1.54, 1.807) is 39.1 Å². The van der Waals surface area contributed by atoms with Crippen LogP contribution in [-0.4, -0.2) is 37.5 Å². The summed E-state index contributed by atoms with van der Waals surface area (Å²) < 4.78 is 42.1. The van der Waals surface area contributed by atoms with Gasteiger partial charge in [-0.2, -0.15) is 5.10 Å². The van der Waals surface area contributed by atoms with Crippen molar-refractivity contribution in [1.29, 1.82) is 0 Å². The van der Waals surface area contributed by atoms with Crippen molar-refractivity contribution in [2.45, 2.75) is 38.9 Å². The Kier molecular flexibility index (Phi) is 4.72. The molecule has 1 atom stereocenters. The molecule has 0 saturated heterocycles. The third kappa shape index (κ3) is 3.22. The Balaban J connectivity index is 1.43. The van der Waals surface area contributed by atoms with E-state index in [0.29, 0.717) is 17.9 Å². The molecule has 0 unspecified atom stereocenters. The Hall–Kier alpha value is -3.69. The lowest BCUT2D eigenvalue weighted by Gasteiger charge is -2.35. The summed E-state index contributed by atoms with van der Waals surface area (Å²) in [5.41, 5.74) is 2.87. The normalized spacial score (nSPS) is 17.5. The smallest absolute Gasteiger partial charge is 0.236 e. The molecule has 0 spiro atoms. The Labute approximate surface area is 181 Å². The topological polar surface area (TPSA) is 71.3 Å². The Bertz CT molecular complexity index is 1240. The fourth-order valence-electron chi connectivity index (χ4n) is 4.31. The van der Waals surface area contributed by atoms with Crippen LogP contribution in [0.2, 0.25) is 0 Å². The maximum Gasteiger partial charge on any atom is 0.236 e. The zero-order chi connectivity index (χ0) is 22.6. The van der Waals surface area contributed by atoms with Gasteiger partial charge < -0.3 is 4.90 Å². The van der Waals surface area contributed by atoms with Crippen molar-refractivity contribution in [2.24, 2.45) is 0 Å². The summed E-state index contributed by atoms with van der Waals surface area (Å²) >= 11 is 0. The second kappa shape index (κ2) is 7.47. The van der Waals surface area contributed by atoms with Crippen LogP contribution in [-0.2, 0) is 35.5 Å². The average molecular weight is 441 g/mol. The predicted octanol–water partition coefficient (Wildman–Crippen LogP) is 2.89. The highest BCUT2D eigenvalue weighted by molar-refractivity contribution is 6.07. The lowest BCUT2D eigenvalue weighted by molar-refractivity contribution is -0.134. The lowest BCUT2D eigenvalue weighted by atomic mass is 10.1. The van der Waals surface area contributed by atoms with Gasteiger partial charge in [-0.05, 0) is 30.7 Å². The molecule has 0 bridgehead atoms. The van der Waals surface area contributed by atoms with Gasteiger partial charge in [-0.3, -0.25) is 24.2 Å². The van der Waals surface area contributed by atoms with E-state index in [-0.39, 0.29) is 42.8 Å². The van der Waals surface area contributed by atoms with Crippen molar-refractivity contribution < 1.29 is 22.8 Å². The molecule has 32 heavy (non-hydrogen) atoms. The molecular formula is C22H18F3N5O2. The summed E-state index contributed by atoms with van der Waals surface area (Å²) in [6.07, 6.45) is 4.82. The van der Waals surface area contributed by atoms with Crippen molar-refractivity contribution >= 4 is 23.2 Å². The van der Waals surface area contributed by atoms with Crippen LogP contribution in [0.1, 0.15) is 23.7 Å². The zero-order valence-electron chi connectivity index (χ0n) is 17.1. The van der Waals surface area contributed by atoms with Gasteiger partial charge in [-0.1, -0.05) is 0 Å². The zero-order valence-corrected chi connectivity index (χ0v) is 17.1. The van der Waals surface area contributed by atoms with Crippen molar-refractivity contribution in [3.05, 3.63) is 71.1 Å². The second-order valence-electron chi connectivity index (χ2n) is 7.99. The van der Waals surface area contributed by atoms with Crippen LogP contribution in [0, 0.1) is 17.5 Å². The fourth-order valence-corrected chi connectivity index (χ4v) is 4.31. The van der Waals surface area contributed by atoms with Crippen LogP contribution in [0.5, 0.6) is 0 Å². The molecule has 164 valence electrons. The fraction of sp³-hybridized carbons (Fsp3) is 0.273. The number of rotatable bonds is 3. The Morgan fingerprint density at radius 3 is 2.66 bits per heavy atom. The number of carbonyl (C=O) groups is 2. The van der Waals surface area contributed by atoms with E-state index in [4.69, 9.17) is 0 Å². The summed E-state index contributed by atoms with van der Waals surface area (Å²) in [5, 5.41) is 4.40. The number of aromatic nitrogens is 3. The van der Waals surface area contributed by atoms with E-state index >= 15 is 0 Å². The summed E-state index contributed by atoms with van der Waals surface area (Å²) in [6, 6.07) is 3.18. The Morgan fingerprint density at radius 1 is 1.16 bits per heavy atom. The summed E-state index contributed by atoms with van der Waals surface area (Å²) in [6.45, 7) is 2.42. The van der Waals surface area contributed by atoms with Crippen molar-refractivity contribution in [2.75, 3.05) is 4.90 Å². The minimum Gasteiger partial charge on any atom is -0.332 e. The van der Waals surface area contributed by atoms with Crippen molar-refractivity contribution in [1.82, 2.24) is 19.7 Å². The van der Waals surface area contributed by atoms with Gasteiger partial charge in [0.05, 0.1) is 49.2 Å². The third-order valence-electron chi connectivity index (χ3n) is 5.89. The molecule has 10 heteroatoms. The van der Waals surface area contributed by atoms with E-state index in [1.807, 2.05) is 6.92 Å². The van der Waals surface area contributed by atoms with Crippen LogP contribution in [0.25, 0.3) is 0 Å². The monoisotopic (exact) mass is 441 g/mol. The molecule has 1 aromatic carbocycles. The maximum absolute atomic E-state index is 13.6. The minimum absolute atomic E-state index is 0.0500. The number of halogens is 3. The van der Waals surface area contributed by atoms with Crippen LogP contribution in [0.3, 0.4) is 0 Å². The van der Waals surface area contributed by atoms with Gasteiger partial charge in [0.15, 0.2) is 17.5 Å². The molecule has 0 saturated carbocycles. The molecule has 4 heterocycles. The molecule has 2 aromatic heterocycles. The van der Waals surface area contributed by atoms with E-state index < -0.39 is 17.5 Å². The summed E-state index contributed by atoms with van der Waals surface area (Å²) in [7, 11) is 0. The van der Waals surface area contributed by atoms with Crippen LogP contribution >= 0.6 is 0 Å². The molecule has 5 rings (SSSR count). The number of pyridine rings is 1. The van der Waals surface area contributed by atoms with Gasteiger partial charge in [0, 0.05) is 24.0 Å². The van der Waals surface area contributed by atoms with Crippen molar-refractivity contribution in [3.8, 4) is 0 Å². The molecule has 2 amide bonds. The Morgan fingerprint density at radius 2 is 1.91 bits per heavy atom. The standard InChI is InChI=1S/C22H18F3N5O2/c1-12-10-29-19(11-28(12)20(31)6-13-4-15(23)22(25)16(24)5-13)18(9-27-29)30-17-2-3-26-8-14(17)7-21(30)32/h2-5,8-9,12H,6-7,10-11H2,1H3/t12-/m0/s1. The number of amides is 2. The highest BCUT2D eigenvalue weighted by Crippen LogP contribution is 2.38. The van der Waals surface area contributed by atoms with Gasteiger partial charge in [0.2, 0.25) is 11.8 Å². The van der Waals surface area contributed by atoms with Crippen LogP contribution in [0.15, 0.2) is 36.8 Å². The van der Waals surface area contributed by atoms with Crippen LogP contribution in [0.4, 0.5) is 24.5 Å². The minimum atomic E-state index is -1.56. The van der Waals surface area contributed by atoms with E-state index in [9.17, 15) is 22.8 Å². The third-order valence-corrected chi connectivity index (χ3v) is 5.89. The highest BCUT2D eigenvalue weighted by atomic mass is 19.2. The van der Waals surface area contributed by atoms with Gasteiger partial charge >= 0.3 is 0 Å². The van der Waals surface area contributed by atoms with Crippen molar-refractivity contribution in [3.63, 3.8) is 0 Å². The largest absolute Gasteiger partial charge is 0.332 e. The summed E-state index contributed by atoms with van der Waals surface area (Å²) in [4.78, 5) is 32.9. The van der Waals surface area contributed by atoms with E-state index in [0.717, 1.165) is 23.4 Å². The number of benzene rings is 1. The highest BCUT2D eigenvalue weighted by Gasteiger charge is 2.35. The van der Waals surface area contributed by atoms with Gasteiger partial charge in [0.25, 0.3) is 0 Å². The molecule has 2 aliphatic rings. The van der Waals surface area contributed by atoms with Gasteiger partial charge in [-0.25, -0.2) is 13.2 Å². The first kappa shape index (κ1) is 20.2. The number of hydrogen-bond donors (Lipinski definition) is 0. The van der Waals surface area contributed by atoms with Crippen LogP contribution < -0.4 is 4.90 Å². The molecule has 0 radical (unpaired) electrons. The number of anilines is 2. The first-order chi connectivity index (χ1) is 15.3. The quantitative estimate of drug-likeness (QED) is 0.586. The first-order valence-electron chi connectivity index (χ1n) is 10.1. The molecule has 0 aliphatic carbocycles. The van der Waals surface area contributed by atoms with E-state index in [1.165, 1.54) is 0 Å².